The highest BCUT2D eigenvalue weighted by atomic mass is 19.1. The Morgan fingerprint density at radius 3 is 2.39 bits per heavy atom. The Balaban J connectivity index is 1.59. The maximum Gasteiger partial charge on any atom is 0.255 e. The number of anilines is 1. The molecule has 0 aliphatic carbocycles. The fourth-order valence-electron chi connectivity index (χ4n) is 2.56. The van der Waals surface area contributed by atoms with E-state index in [1.54, 1.807) is 24.3 Å². The van der Waals surface area contributed by atoms with Crippen molar-refractivity contribution in [3.63, 3.8) is 0 Å². The number of hydrogen-bond donors (Lipinski definition) is 2. The summed E-state index contributed by atoms with van der Waals surface area (Å²) in [5.74, 6) is -0.615. The first-order valence-corrected chi connectivity index (χ1v) is 8.75. The third-order valence-electron chi connectivity index (χ3n) is 3.91. The molecular weight excluding hydrogens is 359 g/mol. The number of rotatable bonds is 7. The van der Waals surface area contributed by atoms with Gasteiger partial charge in [0.15, 0.2) is 0 Å². The average molecular weight is 378 g/mol. The Bertz CT molecular complexity index is 961. The lowest BCUT2D eigenvalue weighted by atomic mass is 10.1. The van der Waals surface area contributed by atoms with E-state index in [9.17, 15) is 14.0 Å². The number of para-hydroxylation sites is 2. The summed E-state index contributed by atoms with van der Waals surface area (Å²) in [7, 11) is 0. The molecule has 0 fully saturated rings. The summed E-state index contributed by atoms with van der Waals surface area (Å²) >= 11 is 0. The number of amides is 2. The van der Waals surface area contributed by atoms with E-state index in [2.05, 4.69) is 10.6 Å². The first-order valence-electron chi connectivity index (χ1n) is 8.75. The molecule has 28 heavy (non-hydrogen) atoms. The third kappa shape index (κ3) is 5.17. The minimum Gasteiger partial charge on any atom is -0.492 e. The molecule has 2 amide bonds. The zero-order chi connectivity index (χ0) is 19.8. The molecule has 142 valence electrons. The van der Waals surface area contributed by atoms with Crippen molar-refractivity contribution in [1.29, 1.82) is 0 Å². The molecule has 0 spiro atoms. The first-order chi connectivity index (χ1) is 13.6. The lowest BCUT2D eigenvalue weighted by Gasteiger charge is -2.12. The number of hydrogen-bond acceptors (Lipinski definition) is 3. The van der Waals surface area contributed by atoms with Gasteiger partial charge < -0.3 is 15.4 Å². The normalized spacial score (nSPS) is 10.2. The Morgan fingerprint density at radius 2 is 1.61 bits per heavy atom. The highest BCUT2D eigenvalue weighted by Crippen LogP contribution is 2.16. The summed E-state index contributed by atoms with van der Waals surface area (Å²) < 4.78 is 18.8. The molecule has 0 saturated carbocycles. The molecule has 0 saturated heterocycles. The van der Waals surface area contributed by atoms with E-state index in [0.717, 1.165) is 11.8 Å². The first kappa shape index (κ1) is 19.1. The molecule has 3 rings (SSSR count). The van der Waals surface area contributed by atoms with Crippen LogP contribution in [0, 0.1) is 5.82 Å². The quantitative estimate of drug-likeness (QED) is 0.613. The lowest BCUT2D eigenvalue weighted by molar-refractivity contribution is 0.0948. The van der Waals surface area contributed by atoms with Crippen LogP contribution in [0.25, 0.3) is 0 Å². The van der Waals surface area contributed by atoms with E-state index in [0.29, 0.717) is 24.4 Å². The Morgan fingerprint density at radius 1 is 0.857 bits per heavy atom. The molecule has 3 aromatic carbocycles. The Labute approximate surface area is 162 Å². The number of nitrogens with one attached hydrogen (secondary N) is 2. The summed E-state index contributed by atoms with van der Waals surface area (Å²) in [6.07, 6.45) is 0. The topological polar surface area (TPSA) is 67.4 Å². The van der Waals surface area contributed by atoms with Gasteiger partial charge in [0, 0.05) is 5.56 Å². The van der Waals surface area contributed by atoms with Crippen LogP contribution >= 0.6 is 0 Å². The number of halogens is 1. The van der Waals surface area contributed by atoms with Gasteiger partial charge in [-0.25, -0.2) is 4.39 Å². The van der Waals surface area contributed by atoms with Gasteiger partial charge in [0.05, 0.1) is 17.8 Å². The molecule has 0 aromatic heterocycles. The highest BCUT2D eigenvalue weighted by molar-refractivity contribution is 6.08. The van der Waals surface area contributed by atoms with Crippen LogP contribution in [0.1, 0.15) is 20.7 Å². The lowest BCUT2D eigenvalue weighted by Crippen LogP contribution is -2.29. The largest absolute Gasteiger partial charge is 0.492 e. The van der Waals surface area contributed by atoms with E-state index >= 15 is 0 Å². The van der Waals surface area contributed by atoms with Gasteiger partial charge >= 0.3 is 0 Å². The monoisotopic (exact) mass is 378 g/mol. The third-order valence-corrected chi connectivity index (χ3v) is 3.91. The van der Waals surface area contributed by atoms with Gasteiger partial charge in [-0.05, 0) is 42.5 Å². The summed E-state index contributed by atoms with van der Waals surface area (Å²) in [6.45, 7) is 0.619. The van der Waals surface area contributed by atoms with Crippen molar-refractivity contribution in [2.24, 2.45) is 0 Å². The molecule has 0 unspecified atom stereocenters. The van der Waals surface area contributed by atoms with E-state index in [1.807, 2.05) is 30.3 Å². The van der Waals surface area contributed by atoms with Gasteiger partial charge in [0.25, 0.3) is 11.8 Å². The minimum absolute atomic E-state index is 0.173. The molecular formula is C22H19FN2O3. The number of ether oxygens (including phenoxy) is 1. The Kier molecular flexibility index (Phi) is 6.36. The molecule has 0 atom stereocenters. The molecule has 3 aromatic rings. The van der Waals surface area contributed by atoms with Crippen LogP contribution < -0.4 is 15.4 Å². The van der Waals surface area contributed by atoms with Crippen LogP contribution in [-0.2, 0) is 0 Å². The second kappa shape index (κ2) is 9.32. The van der Waals surface area contributed by atoms with Gasteiger partial charge in [-0.3, -0.25) is 9.59 Å². The minimum atomic E-state index is -0.503. The average Bonchev–Trinajstić information content (AvgIpc) is 2.72. The maximum atomic E-state index is 13.3. The van der Waals surface area contributed by atoms with Crippen LogP contribution in [-0.4, -0.2) is 25.0 Å². The summed E-state index contributed by atoms with van der Waals surface area (Å²) in [5, 5.41) is 5.41. The van der Waals surface area contributed by atoms with Crippen LogP contribution in [0.2, 0.25) is 0 Å². The Hall–Kier alpha value is -3.67. The van der Waals surface area contributed by atoms with Crippen molar-refractivity contribution >= 4 is 17.5 Å². The SMILES string of the molecule is O=C(Nc1ccccc1C(=O)NCCOc1ccccc1)c1cccc(F)c1. The standard InChI is InChI=1S/C22H19FN2O3/c23-17-8-6-7-16(15-17)21(26)25-20-12-5-4-11-19(20)22(27)24-13-14-28-18-9-2-1-3-10-18/h1-12,15H,13-14H2,(H,24,27)(H,25,26). The van der Waals surface area contributed by atoms with Gasteiger partial charge in [-0.15, -0.1) is 0 Å². The molecule has 5 nitrogen and oxygen atoms in total. The maximum absolute atomic E-state index is 13.3. The number of carbonyl (C=O) groups is 2. The fraction of sp³-hybridized carbons (Fsp3) is 0.0909. The van der Waals surface area contributed by atoms with Crippen LogP contribution in [0.15, 0.2) is 78.9 Å². The van der Waals surface area contributed by atoms with Crippen molar-refractivity contribution in [2.45, 2.75) is 0 Å². The van der Waals surface area contributed by atoms with E-state index in [1.165, 1.54) is 18.2 Å². The van der Waals surface area contributed by atoms with Crippen molar-refractivity contribution in [3.05, 3.63) is 95.8 Å². The van der Waals surface area contributed by atoms with Crippen LogP contribution in [0.3, 0.4) is 0 Å². The zero-order valence-electron chi connectivity index (χ0n) is 15.0. The molecule has 0 heterocycles. The van der Waals surface area contributed by atoms with Gasteiger partial charge in [-0.1, -0.05) is 36.4 Å². The summed E-state index contributed by atoms with van der Waals surface area (Å²) in [5.41, 5.74) is 0.830. The molecule has 0 aliphatic rings. The van der Waals surface area contributed by atoms with E-state index in [-0.39, 0.29) is 11.5 Å². The molecule has 0 bridgehead atoms. The van der Waals surface area contributed by atoms with Crippen molar-refractivity contribution < 1.29 is 18.7 Å². The highest BCUT2D eigenvalue weighted by Gasteiger charge is 2.14. The number of carbonyl (C=O) groups excluding carboxylic acids is 2. The van der Waals surface area contributed by atoms with Crippen molar-refractivity contribution in [1.82, 2.24) is 5.32 Å². The molecule has 0 aliphatic heterocycles. The summed E-state index contributed by atoms with van der Waals surface area (Å²) in [4.78, 5) is 24.8. The second-order valence-corrected chi connectivity index (χ2v) is 5.93. The summed E-state index contributed by atoms with van der Waals surface area (Å²) in [6, 6.07) is 21.3. The molecule has 6 heteroatoms. The molecule has 2 N–H and O–H groups in total. The van der Waals surface area contributed by atoms with Crippen LogP contribution in [0.4, 0.5) is 10.1 Å². The van der Waals surface area contributed by atoms with Gasteiger partial charge in [-0.2, -0.15) is 0 Å². The van der Waals surface area contributed by atoms with Gasteiger partial charge in [0.1, 0.15) is 18.2 Å². The van der Waals surface area contributed by atoms with Crippen LogP contribution in [0.5, 0.6) is 5.75 Å². The predicted octanol–water partition coefficient (Wildman–Crippen LogP) is 3.89. The van der Waals surface area contributed by atoms with E-state index < -0.39 is 11.7 Å². The fourth-order valence-corrected chi connectivity index (χ4v) is 2.56. The second-order valence-electron chi connectivity index (χ2n) is 5.93. The van der Waals surface area contributed by atoms with Crippen molar-refractivity contribution in [2.75, 3.05) is 18.5 Å². The number of benzene rings is 3. The van der Waals surface area contributed by atoms with Crippen molar-refractivity contribution in [3.8, 4) is 5.75 Å². The zero-order valence-corrected chi connectivity index (χ0v) is 15.0. The smallest absolute Gasteiger partial charge is 0.255 e. The predicted molar refractivity (Wildman–Crippen MR) is 105 cm³/mol. The molecule has 0 radical (unpaired) electrons. The van der Waals surface area contributed by atoms with E-state index in [4.69, 9.17) is 4.74 Å². The van der Waals surface area contributed by atoms with Gasteiger partial charge in [0.2, 0.25) is 0 Å².